The van der Waals surface area contributed by atoms with E-state index in [1.165, 1.54) is 0 Å². The van der Waals surface area contributed by atoms with Gasteiger partial charge in [-0.05, 0) is 37.6 Å². The van der Waals surface area contributed by atoms with Crippen LogP contribution in [0.4, 0.5) is 0 Å². The lowest BCUT2D eigenvalue weighted by atomic mass is 10.1. The fraction of sp³-hybridized carbons (Fsp3) is 0.312. The van der Waals surface area contributed by atoms with E-state index in [0.29, 0.717) is 6.54 Å². The van der Waals surface area contributed by atoms with Crippen molar-refractivity contribution in [2.75, 3.05) is 6.54 Å². The molecule has 1 aromatic heterocycles. The molecule has 3 rings (SSSR count). The van der Waals surface area contributed by atoms with Gasteiger partial charge in [-0.25, -0.2) is 0 Å². The lowest BCUT2D eigenvalue weighted by Crippen LogP contribution is -2.35. The van der Waals surface area contributed by atoms with Gasteiger partial charge in [0.15, 0.2) is 0 Å². The minimum atomic E-state index is 0.0950. The molecule has 3 heteroatoms. The molecule has 0 unspecified atom stereocenters. The minimum Gasteiger partial charge on any atom is -0.461 e. The number of hydrogen-bond donors (Lipinski definition) is 0. The van der Waals surface area contributed by atoms with Crippen LogP contribution in [0.3, 0.4) is 0 Å². The topological polar surface area (TPSA) is 33.5 Å². The van der Waals surface area contributed by atoms with Gasteiger partial charge in [0.1, 0.15) is 11.3 Å². The molecule has 19 heavy (non-hydrogen) atoms. The van der Waals surface area contributed by atoms with Crippen molar-refractivity contribution >= 4 is 16.9 Å². The molecule has 0 radical (unpaired) electrons. The lowest BCUT2D eigenvalue weighted by molar-refractivity contribution is 0.0748. The maximum atomic E-state index is 12.5. The maximum absolute atomic E-state index is 12.5. The molecular weight excluding hydrogens is 238 g/mol. The average molecular weight is 255 g/mol. The third kappa shape index (κ3) is 2.05. The second-order valence-electron chi connectivity index (χ2n) is 4.97. The molecule has 0 spiro atoms. The Morgan fingerprint density at radius 1 is 1.42 bits per heavy atom. The number of carbonyl (C=O) groups is 1. The summed E-state index contributed by atoms with van der Waals surface area (Å²) in [6.07, 6.45) is 5.13. The Bertz CT molecular complexity index is 654. The largest absolute Gasteiger partial charge is 0.461 e. The number of hydrogen-bond acceptors (Lipinski definition) is 2. The minimum absolute atomic E-state index is 0.0950. The first-order valence-electron chi connectivity index (χ1n) is 6.67. The number of benzene rings is 1. The lowest BCUT2D eigenvalue weighted by Gasteiger charge is -2.23. The van der Waals surface area contributed by atoms with Gasteiger partial charge in [0.25, 0.3) is 5.91 Å². The van der Waals surface area contributed by atoms with Gasteiger partial charge in [0, 0.05) is 17.5 Å². The number of fused-ring (bicyclic) bond motifs is 1. The summed E-state index contributed by atoms with van der Waals surface area (Å²) in [4.78, 5) is 14.4. The van der Waals surface area contributed by atoms with E-state index in [4.69, 9.17) is 4.42 Å². The highest BCUT2D eigenvalue weighted by molar-refractivity contribution is 5.98. The van der Waals surface area contributed by atoms with Gasteiger partial charge in [-0.2, -0.15) is 0 Å². The molecule has 1 aliphatic heterocycles. The first-order chi connectivity index (χ1) is 9.19. The number of rotatable bonds is 2. The van der Waals surface area contributed by atoms with Gasteiger partial charge < -0.3 is 9.32 Å². The van der Waals surface area contributed by atoms with Crippen LogP contribution < -0.4 is 0 Å². The Balaban J connectivity index is 1.93. The highest BCUT2D eigenvalue weighted by atomic mass is 16.3. The predicted molar refractivity (Wildman–Crippen MR) is 75.2 cm³/mol. The summed E-state index contributed by atoms with van der Waals surface area (Å²) >= 11 is 0. The van der Waals surface area contributed by atoms with E-state index in [9.17, 15) is 4.79 Å². The standard InChI is InChI=1S/C16H17NO2/c1-3-14-5-4-8-17(14)16(18)12-6-7-15-13(10-12)9-11(2)19-15/h4-7,9-10,14H,3,8H2,1-2H3/t14-/m0/s1. The van der Waals surface area contributed by atoms with Crippen molar-refractivity contribution < 1.29 is 9.21 Å². The molecule has 2 aromatic rings. The van der Waals surface area contributed by atoms with Gasteiger partial charge >= 0.3 is 0 Å². The Labute approximate surface area is 112 Å². The van der Waals surface area contributed by atoms with Gasteiger partial charge in [-0.15, -0.1) is 0 Å². The van der Waals surface area contributed by atoms with Gasteiger partial charge in [-0.1, -0.05) is 19.1 Å². The molecular formula is C16H17NO2. The molecule has 1 amide bonds. The van der Waals surface area contributed by atoms with E-state index in [1.807, 2.05) is 36.1 Å². The van der Waals surface area contributed by atoms with E-state index >= 15 is 0 Å². The molecule has 0 aliphatic carbocycles. The Morgan fingerprint density at radius 2 is 2.26 bits per heavy atom. The summed E-state index contributed by atoms with van der Waals surface area (Å²) in [7, 11) is 0. The van der Waals surface area contributed by atoms with Crippen LogP contribution in [0.1, 0.15) is 29.5 Å². The molecule has 3 nitrogen and oxygen atoms in total. The second kappa shape index (κ2) is 4.57. The molecule has 0 saturated carbocycles. The van der Waals surface area contributed by atoms with Crippen LogP contribution in [0.15, 0.2) is 40.8 Å². The third-order valence-corrected chi connectivity index (χ3v) is 3.63. The molecule has 0 saturated heterocycles. The van der Waals surface area contributed by atoms with Crippen LogP contribution in [0.2, 0.25) is 0 Å². The van der Waals surface area contributed by atoms with Crippen molar-refractivity contribution in [3.05, 3.63) is 47.7 Å². The number of aryl methyl sites for hydroxylation is 1. The van der Waals surface area contributed by atoms with Gasteiger partial charge in [-0.3, -0.25) is 4.79 Å². The van der Waals surface area contributed by atoms with Crippen molar-refractivity contribution in [1.29, 1.82) is 0 Å². The summed E-state index contributed by atoms with van der Waals surface area (Å²) in [5.74, 6) is 0.964. The third-order valence-electron chi connectivity index (χ3n) is 3.63. The predicted octanol–water partition coefficient (Wildman–Crippen LogP) is 3.53. The molecule has 1 atom stereocenters. The number of furan rings is 1. The smallest absolute Gasteiger partial charge is 0.254 e. The molecule has 1 aromatic carbocycles. The zero-order valence-corrected chi connectivity index (χ0v) is 11.2. The summed E-state index contributed by atoms with van der Waals surface area (Å²) < 4.78 is 5.53. The van der Waals surface area contributed by atoms with Crippen LogP contribution in [0.25, 0.3) is 11.0 Å². The zero-order valence-electron chi connectivity index (χ0n) is 11.2. The summed E-state index contributed by atoms with van der Waals surface area (Å²) in [5.41, 5.74) is 1.57. The molecule has 0 fully saturated rings. The molecule has 2 heterocycles. The maximum Gasteiger partial charge on any atom is 0.254 e. The first kappa shape index (κ1) is 12.0. The van der Waals surface area contributed by atoms with E-state index in [-0.39, 0.29) is 11.9 Å². The fourth-order valence-corrected chi connectivity index (χ4v) is 2.64. The Hall–Kier alpha value is -2.03. The monoisotopic (exact) mass is 255 g/mol. The van der Waals surface area contributed by atoms with E-state index in [2.05, 4.69) is 19.1 Å². The van der Waals surface area contributed by atoms with Crippen LogP contribution in [0.5, 0.6) is 0 Å². The van der Waals surface area contributed by atoms with Crippen molar-refractivity contribution in [1.82, 2.24) is 4.90 Å². The van der Waals surface area contributed by atoms with Crippen molar-refractivity contribution in [3.8, 4) is 0 Å². The van der Waals surface area contributed by atoms with Gasteiger partial charge in [0.05, 0.1) is 6.04 Å². The van der Waals surface area contributed by atoms with Crippen molar-refractivity contribution in [3.63, 3.8) is 0 Å². The quantitative estimate of drug-likeness (QED) is 0.769. The van der Waals surface area contributed by atoms with E-state index < -0.39 is 0 Å². The zero-order chi connectivity index (χ0) is 13.4. The molecule has 0 bridgehead atoms. The second-order valence-corrected chi connectivity index (χ2v) is 4.97. The average Bonchev–Trinajstić information content (AvgIpc) is 3.01. The SMILES string of the molecule is CC[C@H]1C=CCN1C(=O)c1ccc2oc(C)cc2c1. The Morgan fingerprint density at radius 3 is 3.05 bits per heavy atom. The summed E-state index contributed by atoms with van der Waals surface area (Å²) in [5, 5.41) is 0.989. The Kier molecular flexibility index (Phi) is 2.90. The van der Waals surface area contributed by atoms with Crippen LogP contribution in [0, 0.1) is 6.92 Å². The van der Waals surface area contributed by atoms with Crippen LogP contribution >= 0.6 is 0 Å². The molecule has 0 N–H and O–H groups in total. The highest BCUT2D eigenvalue weighted by Crippen LogP contribution is 2.23. The number of amides is 1. The van der Waals surface area contributed by atoms with Gasteiger partial charge in [0.2, 0.25) is 0 Å². The fourth-order valence-electron chi connectivity index (χ4n) is 2.64. The van der Waals surface area contributed by atoms with E-state index in [1.54, 1.807) is 0 Å². The van der Waals surface area contributed by atoms with Crippen LogP contribution in [-0.2, 0) is 0 Å². The summed E-state index contributed by atoms with van der Waals surface area (Å²) in [6.45, 7) is 4.72. The van der Waals surface area contributed by atoms with Crippen LogP contribution in [-0.4, -0.2) is 23.4 Å². The van der Waals surface area contributed by atoms with Crippen molar-refractivity contribution in [2.24, 2.45) is 0 Å². The molecule has 1 aliphatic rings. The molecule has 98 valence electrons. The number of nitrogens with zero attached hydrogens (tertiary/aromatic N) is 1. The highest BCUT2D eigenvalue weighted by Gasteiger charge is 2.24. The first-order valence-corrected chi connectivity index (χ1v) is 6.67. The van der Waals surface area contributed by atoms with E-state index in [0.717, 1.165) is 28.7 Å². The normalized spacial score (nSPS) is 18.4. The van der Waals surface area contributed by atoms with Crippen molar-refractivity contribution in [2.45, 2.75) is 26.3 Å². The number of carbonyl (C=O) groups excluding carboxylic acids is 1. The summed E-state index contributed by atoms with van der Waals surface area (Å²) in [6, 6.07) is 7.83.